The number of hydrogen-bond donors (Lipinski definition) is 1. The van der Waals surface area contributed by atoms with E-state index in [1.54, 1.807) is 0 Å². The van der Waals surface area contributed by atoms with Crippen LogP contribution in [-0.4, -0.2) is 10.7 Å². The maximum absolute atomic E-state index is 10.9. The molecule has 2 rings (SSSR count). The van der Waals surface area contributed by atoms with Gasteiger partial charge in [0.15, 0.2) is 0 Å². The number of benzene rings is 1. The van der Waals surface area contributed by atoms with E-state index in [4.69, 9.17) is 0 Å². The van der Waals surface area contributed by atoms with Gasteiger partial charge in [0.25, 0.3) is 0 Å². The molecule has 1 aromatic rings. The molecule has 0 bridgehead atoms. The first kappa shape index (κ1) is 15.1. The first-order chi connectivity index (χ1) is 8.98. The molecule has 2 heteroatoms. The minimum absolute atomic E-state index is 0.489. The van der Waals surface area contributed by atoms with Crippen LogP contribution in [0.2, 0.25) is 0 Å². The first-order valence-corrected chi connectivity index (χ1v) is 8.25. The smallest absolute Gasteiger partial charge is 0.0688 e. The summed E-state index contributed by atoms with van der Waals surface area (Å²) in [5.41, 5.74) is 0.756. The van der Waals surface area contributed by atoms with Gasteiger partial charge >= 0.3 is 0 Å². The normalized spacial score (nSPS) is 28.4. The molecule has 2 atom stereocenters. The summed E-state index contributed by atoms with van der Waals surface area (Å²) in [4.78, 5) is 0. The van der Waals surface area contributed by atoms with Crippen molar-refractivity contribution in [3.63, 3.8) is 0 Å². The Morgan fingerprint density at radius 3 is 2.53 bits per heavy atom. The van der Waals surface area contributed by atoms with E-state index < -0.39 is 5.60 Å². The molecule has 1 aliphatic carbocycles. The van der Waals surface area contributed by atoms with E-state index in [-0.39, 0.29) is 0 Å². The second kappa shape index (κ2) is 6.41. The Bertz CT molecular complexity index is 398. The molecule has 0 aliphatic heterocycles. The predicted octanol–water partition coefficient (Wildman–Crippen LogP) is 4.96. The zero-order chi connectivity index (χ0) is 13.9. The van der Waals surface area contributed by atoms with Gasteiger partial charge in [0, 0.05) is 10.9 Å². The van der Waals surface area contributed by atoms with E-state index in [9.17, 15) is 5.11 Å². The molecule has 1 N–H and O–H groups in total. The van der Waals surface area contributed by atoms with Crippen molar-refractivity contribution in [2.75, 3.05) is 0 Å². The third-order valence-corrected chi connectivity index (χ3v) is 5.12. The summed E-state index contributed by atoms with van der Waals surface area (Å²) in [6.07, 6.45) is 6.31. The molecule has 19 heavy (non-hydrogen) atoms. The van der Waals surface area contributed by atoms with E-state index in [2.05, 4.69) is 54.0 Å². The van der Waals surface area contributed by atoms with Crippen molar-refractivity contribution >= 4 is 15.9 Å². The Morgan fingerprint density at radius 2 is 1.89 bits per heavy atom. The SMILES string of the molecule is CC(C)C1CCCC(O)(Cc2ccc(Br)cc2)CC1. The molecular weight excluding hydrogens is 300 g/mol. The zero-order valence-corrected chi connectivity index (χ0v) is 13.6. The van der Waals surface area contributed by atoms with E-state index in [1.807, 2.05) is 0 Å². The minimum atomic E-state index is -0.489. The van der Waals surface area contributed by atoms with Gasteiger partial charge in [0.05, 0.1) is 5.60 Å². The Hall–Kier alpha value is -0.340. The van der Waals surface area contributed by atoms with Crippen LogP contribution in [0.5, 0.6) is 0 Å². The molecule has 0 aromatic heterocycles. The number of aliphatic hydroxyl groups is 1. The van der Waals surface area contributed by atoms with Crippen LogP contribution in [-0.2, 0) is 6.42 Å². The van der Waals surface area contributed by atoms with Crippen LogP contribution in [0.3, 0.4) is 0 Å². The van der Waals surface area contributed by atoms with Crippen LogP contribution in [0, 0.1) is 11.8 Å². The fourth-order valence-electron chi connectivity index (χ4n) is 3.24. The van der Waals surface area contributed by atoms with E-state index in [1.165, 1.54) is 18.4 Å². The van der Waals surface area contributed by atoms with Crippen molar-refractivity contribution in [1.29, 1.82) is 0 Å². The van der Waals surface area contributed by atoms with Crippen molar-refractivity contribution in [3.05, 3.63) is 34.3 Å². The molecule has 0 heterocycles. The summed E-state index contributed by atoms with van der Waals surface area (Å²) in [7, 11) is 0. The van der Waals surface area contributed by atoms with Gasteiger partial charge in [-0.3, -0.25) is 0 Å². The molecular formula is C17H25BrO. The lowest BCUT2D eigenvalue weighted by atomic mass is 9.85. The molecule has 1 aromatic carbocycles. The average molecular weight is 325 g/mol. The highest BCUT2D eigenvalue weighted by atomic mass is 79.9. The molecule has 1 saturated carbocycles. The summed E-state index contributed by atoms with van der Waals surface area (Å²) < 4.78 is 1.10. The van der Waals surface area contributed by atoms with Gasteiger partial charge in [-0.05, 0) is 48.8 Å². The summed E-state index contributed by atoms with van der Waals surface area (Å²) in [5.74, 6) is 1.54. The van der Waals surface area contributed by atoms with Crippen LogP contribution in [0.1, 0.15) is 51.5 Å². The summed E-state index contributed by atoms with van der Waals surface area (Å²) in [5, 5.41) is 10.9. The molecule has 1 fully saturated rings. The van der Waals surface area contributed by atoms with Gasteiger partial charge in [-0.2, -0.15) is 0 Å². The maximum Gasteiger partial charge on any atom is 0.0688 e. The second-order valence-corrected chi connectivity index (χ2v) is 7.38. The van der Waals surface area contributed by atoms with Crippen LogP contribution < -0.4 is 0 Å². The maximum atomic E-state index is 10.9. The van der Waals surface area contributed by atoms with Gasteiger partial charge in [0.2, 0.25) is 0 Å². The first-order valence-electron chi connectivity index (χ1n) is 7.45. The number of rotatable bonds is 3. The third kappa shape index (κ3) is 4.32. The molecule has 0 saturated heterocycles. The highest BCUT2D eigenvalue weighted by Gasteiger charge is 2.31. The monoisotopic (exact) mass is 324 g/mol. The van der Waals surface area contributed by atoms with E-state index in [0.29, 0.717) is 0 Å². The van der Waals surface area contributed by atoms with Gasteiger partial charge < -0.3 is 5.11 Å². The fraction of sp³-hybridized carbons (Fsp3) is 0.647. The highest BCUT2D eigenvalue weighted by Crippen LogP contribution is 2.35. The van der Waals surface area contributed by atoms with Gasteiger partial charge in [0.1, 0.15) is 0 Å². The van der Waals surface area contributed by atoms with Crippen molar-refractivity contribution in [2.45, 2.75) is 58.0 Å². The van der Waals surface area contributed by atoms with E-state index >= 15 is 0 Å². The standard InChI is InChI=1S/C17H25BrO/c1-13(2)15-4-3-10-17(19,11-9-15)12-14-5-7-16(18)8-6-14/h5-8,13,15,19H,3-4,9-12H2,1-2H3. The third-order valence-electron chi connectivity index (χ3n) is 4.59. The number of halogens is 1. The minimum Gasteiger partial charge on any atom is -0.390 e. The average Bonchev–Trinajstić information content (AvgIpc) is 2.55. The Kier molecular flexibility index (Phi) is 5.08. The van der Waals surface area contributed by atoms with Crippen LogP contribution in [0.25, 0.3) is 0 Å². The summed E-state index contributed by atoms with van der Waals surface area (Å²) in [6, 6.07) is 8.36. The van der Waals surface area contributed by atoms with Gasteiger partial charge in [-0.25, -0.2) is 0 Å². The highest BCUT2D eigenvalue weighted by molar-refractivity contribution is 9.10. The molecule has 1 nitrogen and oxygen atoms in total. The lowest BCUT2D eigenvalue weighted by molar-refractivity contribution is 0.0237. The lowest BCUT2D eigenvalue weighted by Crippen LogP contribution is -2.30. The van der Waals surface area contributed by atoms with Crippen molar-refractivity contribution in [1.82, 2.24) is 0 Å². The molecule has 106 valence electrons. The molecule has 0 spiro atoms. The summed E-state index contributed by atoms with van der Waals surface area (Å²) >= 11 is 3.46. The summed E-state index contributed by atoms with van der Waals surface area (Å²) in [6.45, 7) is 4.62. The van der Waals surface area contributed by atoms with Crippen LogP contribution in [0.4, 0.5) is 0 Å². The topological polar surface area (TPSA) is 20.2 Å². The molecule has 0 amide bonds. The van der Waals surface area contributed by atoms with Gasteiger partial charge in [-0.1, -0.05) is 54.8 Å². The van der Waals surface area contributed by atoms with Crippen LogP contribution in [0.15, 0.2) is 28.7 Å². The van der Waals surface area contributed by atoms with Gasteiger partial charge in [-0.15, -0.1) is 0 Å². The quantitative estimate of drug-likeness (QED) is 0.779. The molecule has 2 unspecified atom stereocenters. The number of hydrogen-bond acceptors (Lipinski definition) is 1. The Labute approximate surface area is 125 Å². The second-order valence-electron chi connectivity index (χ2n) is 6.46. The van der Waals surface area contributed by atoms with Crippen molar-refractivity contribution < 1.29 is 5.11 Å². The van der Waals surface area contributed by atoms with Crippen LogP contribution >= 0.6 is 15.9 Å². The molecule has 0 radical (unpaired) electrons. The Morgan fingerprint density at radius 1 is 1.21 bits per heavy atom. The van der Waals surface area contributed by atoms with Crippen molar-refractivity contribution in [2.24, 2.45) is 11.8 Å². The largest absolute Gasteiger partial charge is 0.390 e. The molecule has 1 aliphatic rings. The predicted molar refractivity (Wildman–Crippen MR) is 84.2 cm³/mol. The Balaban J connectivity index is 2.00. The fourth-order valence-corrected chi connectivity index (χ4v) is 3.51. The van der Waals surface area contributed by atoms with Crippen molar-refractivity contribution in [3.8, 4) is 0 Å². The lowest BCUT2D eigenvalue weighted by Gasteiger charge is -2.27. The zero-order valence-electron chi connectivity index (χ0n) is 12.0. The van der Waals surface area contributed by atoms with E-state index in [0.717, 1.165) is 42.0 Å².